The van der Waals surface area contributed by atoms with Gasteiger partial charge in [-0.3, -0.25) is 0 Å². The fraction of sp³-hybridized carbons (Fsp3) is 0.524. The summed E-state index contributed by atoms with van der Waals surface area (Å²) in [6, 6.07) is 4.50. The normalized spacial score (nSPS) is 18.0. The van der Waals surface area contributed by atoms with Gasteiger partial charge < -0.3 is 10.2 Å². The van der Waals surface area contributed by atoms with Gasteiger partial charge in [0.25, 0.3) is 0 Å². The molecule has 1 aliphatic rings. The molecule has 0 spiro atoms. The van der Waals surface area contributed by atoms with Gasteiger partial charge in [0.1, 0.15) is 0 Å². The second-order valence-electron chi connectivity index (χ2n) is 7.28. The van der Waals surface area contributed by atoms with Gasteiger partial charge in [-0.15, -0.1) is 0 Å². The Morgan fingerprint density at radius 2 is 1.70 bits per heavy atom. The molecule has 0 fully saturated rings. The van der Waals surface area contributed by atoms with Crippen molar-refractivity contribution in [3.8, 4) is 0 Å². The summed E-state index contributed by atoms with van der Waals surface area (Å²) < 4.78 is 0. The van der Waals surface area contributed by atoms with Gasteiger partial charge in [-0.25, -0.2) is 0 Å². The lowest BCUT2D eigenvalue weighted by atomic mass is 9.90. The minimum Gasteiger partial charge on any atom is -0.383 e. The summed E-state index contributed by atoms with van der Waals surface area (Å²) in [6.07, 6.45) is 3.58. The van der Waals surface area contributed by atoms with Crippen molar-refractivity contribution in [1.29, 1.82) is 0 Å². The first kappa shape index (κ1) is 17.7. The Labute approximate surface area is 142 Å². The number of aryl methyl sites for hydroxylation is 3. The molecule has 1 unspecified atom stereocenters. The molecule has 0 bridgehead atoms. The van der Waals surface area contributed by atoms with Gasteiger partial charge in [-0.2, -0.15) is 0 Å². The Morgan fingerprint density at radius 1 is 1.09 bits per heavy atom. The van der Waals surface area contributed by atoms with Crippen LogP contribution in [0.25, 0.3) is 0 Å². The minimum absolute atomic E-state index is 0.670. The fourth-order valence-corrected chi connectivity index (χ4v) is 4.03. The molecule has 2 heteroatoms. The van der Waals surface area contributed by atoms with Gasteiger partial charge in [0.05, 0.1) is 0 Å². The van der Waals surface area contributed by atoms with Crippen molar-refractivity contribution >= 4 is 5.69 Å². The molecule has 1 aromatic rings. The number of benzene rings is 1. The molecule has 2 nitrogen and oxygen atoms in total. The van der Waals surface area contributed by atoms with Crippen LogP contribution in [0.3, 0.4) is 0 Å². The largest absolute Gasteiger partial charge is 0.383 e. The molecule has 1 N–H and O–H groups in total. The van der Waals surface area contributed by atoms with Crippen LogP contribution in [-0.4, -0.2) is 25.0 Å². The summed E-state index contributed by atoms with van der Waals surface area (Å²) in [5.74, 6) is 0.670. The molecule has 0 aliphatic heterocycles. The maximum atomic E-state index is 3.63. The molecule has 0 saturated heterocycles. The second-order valence-corrected chi connectivity index (χ2v) is 7.28. The Bertz CT molecular complexity index is 614. The predicted octanol–water partition coefficient (Wildman–Crippen LogP) is 5.22. The van der Waals surface area contributed by atoms with Gasteiger partial charge in [-0.05, 0) is 69.2 Å². The molecule has 1 aliphatic carbocycles. The monoisotopic (exact) mass is 312 g/mol. The Kier molecular flexibility index (Phi) is 5.56. The maximum Gasteiger partial charge on any atom is 0.0400 e. The van der Waals surface area contributed by atoms with E-state index in [1.165, 1.54) is 45.6 Å². The van der Waals surface area contributed by atoms with Crippen molar-refractivity contribution in [2.24, 2.45) is 5.92 Å². The van der Waals surface area contributed by atoms with Crippen molar-refractivity contribution in [3.05, 3.63) is 51.7 Å². The molecular formula is C21H32N2. The van der Waals surface area contributed by atoms with Crippen LogP contribution in [0.4, 0.5) is 5.69 Å². The molecule has 126 valence electrons. The van der Waals surface area contributed by atoms with E-state index in [-0.39, 0.29) is 0 Å². The highest BCUT2D eigenvalue weighted by atomic mass is 15.1. The number of hydrogen-bond donors (Lipinski definition) is 1. The van der Waals surface area contributed by atoms with Crippen LogP contribution in [0, 0.1) is 26.7 Å². The number of allylic oxidation sites excluding steroid dienone is 3. The van der Waals surface area contributed by atoms with Crippen LogP contribution in [0.1, 0.15) is 43.9 Å². The molecular weight excluding hydrogens is 280 g/mol. The van der Waals surface area contributed by atoms with E-state index in [0.717, 1.165) is 13.1 Å². The van der Waals surface area contributed by atoms with Crippen LogP contribution in [0.5, 0.6) is 0 Å². The highest BCUT2D eigenvalue weighted by Gasteiger charge is 2.17. The number of nitrogens with zero attached hydrogens (tertiary/aromatic N) is 1. The first-order chi connectivity index (χ1) is 10.8. The molecule has 2 rings (SSSR count). The van der Waals surface area contributed by atoms with Gasteiger partial charge in [0.15, 0.2) is 0 Å². The lowest BCUT2D eigenvalue weighted by molar-refractivity contribution is 0.426. The Balaban J connectivity index is 2.00. The third kappa shape index (κ3) is 4.19. The molecule has 0 amide bonds. The van der Waals surface area contributed by atoms with Gasteiger partial charge >= 0.3 is 0 Å². The van der Waals surface area contributed by atoms with Gasteiger partial charge in [-0.1, -0.05) is 30.7 Å². The summed E-state index contributed by atoms with van der Waals surface area (Å²) in [6.45, 7) is 15.3. The molecule has 0 heterocycles. The summed E-state index contributed by atoms with van der Waals surface area (Å²) in [7, 11) is 2.21. The lowest BCUT2D eigenvalue weighted by Gasteiger charge is -2.30. The van der Waals surface area contributed by atoms with E-state index in [9.17, 15) is 0 Å². The van der Waals surface area contributed by atoms with Crippen molar-refractivity contribution in [2.75, 3.05) is 25.5 Å². The van der Waals surface area contributed by atoms with Crippen molar-refractivity contribution < 1.29 is 0 Å². The standard InChI is InChI=1S/C21H32N2/c1-14-10-16(3)20(17(4)11-14)22-8-9-23(7)21-18(5)12-15(2)13-19(21)6/h10-12,15,22H,8-9,13H2,1-7H3. The summed E-state index contributed by atoms with van der Waals surface area (Å²) in [4.78, 5) is 2.40. The zero-order chi connectivity index (χ0) is 17.1. The number of rotatable bonds is 5. The van der Waals surface area contributed by atoms with Crippen LogP contribution in [-0.2, 0) is 0 Å². The Morgan fingerprint density at radius 3 is 2.26 bits per heavy atom. The van der Waals surface area contributed by atoms with Crippen molar-refractivity contribution in [3.63, 3.8) is 0 Å². The van der Waals surface area contributed by atoms with Gasteiger partial charge in [0.2, 0.25) is 0 Å². The van der Waals surface area contributed by atoms with Crippen LogP contribution in [0.2, 0.25) is 0 Å². The first-order valence-electron chi connectivity index (χ1n) is 8.71. The molecule has 0 aromatic heterocycles. The zero-order valence-corrected chi connectivity index (χ0v) is 15.9. The highest BCUT2D eigenvalue weighted by Crippen LogP contribution is 2.30. The highest BCUT2D eigenvalue weighted by molar-refractivity contribution is 5.58. The average Bonchev–Trinajstić information content (AvgIpc) is 2.40. The van der Waals surface area contributed by atoms with Crippen molar-refractivity contribution in [1.82, 2.24) is 4.90 Å². The van der Waals surface area contributed by atoms with E-state index in [1.54, 1.807) is 0 Å². The quantitative estimate of drug-likeness (QED) is 0.802. The zero-order valence-electron chi connectivity index (χ0n) is 15.9. The minimum atomic E-state index is 0.670. The first-order valence-corrected chi connectivity index (χ1v) is 8.71. The Hall–Kier alpha value is -1.70. The van der Waals surface area contributed by atoms with Crippen LogP contribution in [0.15, 0.2) is 35.1 Å². The van der Waals surface area contributed by atoms with E-state index in [4.69, 9.17) is 0 Å². The third-order valence-electron chi connectivity index (χ3n) is 4.75. The summed E-state index contributed by atoms with van der Waals surface area (Å²) in [5.41, 5.74) is 9.67. The van der Waals surface area contributed by atoms with E-state index < -0.39 is 0 Å². The van der Waals surface area contributed by atoms with Crippen molar-refractivity contribution in [2.45, 2.75) is 48.0 Å². The molecule has 0 radical (unpaired) electrons. The molecule has 1 atom stereocenters. The predicted molar refractivity (Wildman–Crippen MR) is 102 cm³/mol. The average molecular weight is 313 g/mol. The lowest BCUT2D eigenvalue weighted by Crippen LogP contribution is -2.28. The topological polar surface area (TPSA) is 15.3 Å². The molecule has 1 aromatic carbocycles. The molecule has 0 saturated carbocycles. The summed E-state index contributed by atoms with van der Waals surface area (Å²) in [5, 5.41) is 3.63. The third-order valence-corrected chi connectivity index (χ3v) is 4.75. The van der Waals surface area contributed by atoms with E-state index >= 15 is 0 Å². The van der Waals surface area contributed by atoms with E-state index in [2.05, 4.69) is 77.0 Å². The smallest absolute Gasteiger partial charge is 0.0400 e. The van der Waals surface area contributed by atoms with E-state index in [0.29, 0.717) is 5.92 Å². The van der Waals surface area contributed by atoms with Crippen LogP contribution >= 0.6 is 0 Å². The maximum absolute atomic E-state index is 3.63. The van der Waals surface area contributed by atoms with E-state index in [1.807, 2.05) is 0 Å². The number of anilines is 1. The number of nitrogens with one attached hydrogen (secondary N) is 1. The molecule has 23 heavy (non-hydrogen) atoms. The fourth-order valence-electron chi connectivity index (χ4n) is 4.03. The SMILES string of the molecule is CC1=CC(C)CC(C)=C1N(C)CCNc1c(C)cc(C)cc1C. The summed E-state index contributed by atoms with van der Waals surface area (Å²) >= 11 is 0. The van der Waals surface area contributed by atoms with Gasteiger partial charge in [0, 0.05) is 31.5 Å². The number of hydrogen-bond acceptors (Lipinski definition) is 2. The number of likely N-dealkylation sites (N-methyl/N-ethyl adjacent to an activating group) is 1. The van der Waals surface area contributed by atoms with Crippen LogP contribution < -0.4 is 5.32 Å². The second kappa shape index (κ2) is 7.25.